The van der Waals surface area contributed by atoms with Gasteiger partial charge in [0, 0.05) is 38.2 Å². The first-order valence-electron chi connectivity index (χ1n) is 12.7. The molecule has 12 heteroatoms. The van der Waals surface area contributed by atoms with Crippen molar-refractivity contribution in [3.05, 3.63) is 53.9 Å². The molecule has 2 aromatic rings. The molecule has 3 rings (SSSR count). The van der Waals surface area contributed by atoms with Gasteiger partial charge in [0.1, 0.15) is 11.7 Å². The Morgan fingerprint density at radius 3 is 2.36 bits per heavy atom. The van der Waals surface area contributed by atoms with Gasteiger partial charge in [-0.15, -0.1) is 0 Å². The number of aliphatic carboxylic acids is 1. The van der Waals surface area contributed by atoms with Gasteiger partial charge in [-0.2, -0.15) is 0 Å². The number of rotatable bonds is 10. The number of amides is 3. The van der Waals surface area contributed by atoms with Gasteiger partial charge in [0.25, 0.3) is 5.91 Å². The number of aliphatic hydroxyl groups excluding tert-OH is 1. The van der Waals surface area contributed by atoms with E-state index in [9.17, 15) is 29.4 Å². The Balaban J connectivity index is 1.82. The fourth-order valence-corrected chi connectivity index (χ4v) is 3.92. The maximum Gasteiger partial charge on any atom is 0.409 e. The number of piperazine rings is 1. The van der Waals surface area contributed by atoms with E-state index >= 15 is 0 Å². The molecule has 2 heterocycles. The maximum atomic E-state index is 13.3. The molecule has 0 saturated carbocycles. The van der Waals surface area contributed by atoms with E-state index in [1.807, 2.05) is 6.07 Å². The predicted octanol–water partition coefficient (Wildman–Crippen LogP) is 1.80. The smallest absolute Gasteiger partial charge is 0.409 e. The average Bonchev–Trinajstić information content (AvgIpc) is 2.94. The number of ether oxygens (including phenoxy) is 1. The Bertz CT molecular complexity index is 1190. The van der Waals surface area contributed by atoms with Crippen LogP contribution in [0.25, 0.3) is 17.5 Å². The zero-order valence-corrected chi connectivity index (χ0v) is 21.9. The third kappa shape index (κ3) is 8.60. The lowest BCUT2D eigenvalue weighted by atomic mass is 10.1. The number of nitrogens with zero attached hydrogens (tertiary/aromatic N) is 4. The fraction of sp³-hybridized carbons (Fsp3) is 0.407. The molecule has 1 aromatic heterocycles. The second-order valence-electron chi connectivity index (χ2n) is 8.94. The van der Waals surface area contributed by atoms with E-state index in [0.29, 0.717) is 11.3 Å². The first kappa shape index (κ1) is 29.2. The lowest BCUT2D eigenvalue weighted by Gasteiger charge is -2.35. The van der Waals surface area contributed by atoms with E-state index in [0.717, 1.165) is 0 Å². The van der Waals surface area contributed by atoms with Crippen molar-refractivity contribution in [1.82, 2.24) is 25.1 Å². The van der Waals surface area contributed by atoms with E-state index in [4.69, 9.17) is 4.74 Å². The number of aliphatic hydroxyl groups is 1. The van der Waals surface area contributed by atoms with Crippen LogP contribution in [0.4, 0.5) is 4.79 Å². The maximum absolute atomic E-state index is 13.3. The normalized spacial score (nSPS) is 15.1. The Morgan fingerprint density at radius 2 is 1.74 bits per heavy atom. The van der Waals surface area contributed by atoms with E-state index in [-0.39, 0.29) is 57.1 Å². The minimum atomic E-state index is -1.12. The molecule has 0 aliphatic carbocycles. The second kappa shape index (κ2) is 14.0. The highest BCUT2D eigenvalue weighted by molar-refractivity contribution is 5.97. The Kier molecular flexibility index (Phi) is 10.5. The number of hydrogen-bond donors (Lipinski definition) is 3. The summed E-state index contributed by atoms with van der Waals surface area (Å²) in [6, 6.07) is 9.33. The first-order valence-corrected chi connectivity index (χ1v) is 12.7. The summed E-state index contributed by atoms with van der Waals surface area (Å²) in [5, 5.41) is 21.5. The first-order chi connectivity index (χ1) is 18.7. The molecule has 12 nitrogen and oxygen atoms in total. The van der Waals surface area contributed by atoms with Crippen LogP contribution in [0.2, 0.25) is 0 Å². The monoisotopic (exact) mass is 539 g/mol. The van der Waals surface area contributed by atoms with Gasteiger partial charge in [0.15, 0.2) is 5.82 Å². The summed E-state index contributed by atoms with van der Waals surface area (Å²) in [4.78, 5) is 61.7. The van der Waals surface area contributed by atoms with Crippen molar-refractivity contribution in [3.63, 3.8) is 0 Å². The van der Waals surface area contributed by atoms with E-state index in [1.54, 1.807) is 44.2 Å². The van der Waals surface area contributed by atoms with Crippen LogP contribution >= 0.6 is 0 Å². The lowest BCUT2D eigenvalue weighted by Crippen LogP contribution is -2.56. The van der Waals surface area contributed by atoms with Crippen LogP contribution in [-0.4, -0.2) is 98.8 Å². The van der Waals surface area contributed by atoms with Gasteiger partial charge in [0.05, 0.1) is 18.4 Å². The van der Waals surface area contributed by atoms with Crippen molar-refractivity contribution in [2.24, 2.45) is 0 Å². The number of hydrogen-bond acceptors (Lipinski definition) is 8. The number of carbonyl (C=O) groups is 4. The minimum absolute atomic E-state index is 0.0191. The summed E-state index contributed by atoms with van der Waals surface area (Å²) in [5.74, 6) is -1.94. The summed E-state index contributed by atoms with van der Waals surface area (Å²) in [5.41, 5.74) is 1.02. The van der Waals surface area contributed by atoms with Gasteiger partial charge in [-0.1, -0.05) is 36.4 Å². The molecular formula is C27H33N5O7. The fourth-order valence-electron chi connectivity index (χ4n) is 3.92. The number of aromatic nitrogens is 2. The van der Waals surface area contributed by atoms with Gasteiger partial charge in [0.2, 0.25) is 5.91 Å². The van der Waals surface area contributed by atoms with Crippen molar-refractivity contribution in [2.45, 2.75) is 38.8 Å². The van der Waals surface area contributed by atoms with Gasteiger partial charge in [-0.25, -0.2) is 14.8 Å². The number of nitrogens with one attached hydrogen (secondary N) is 1. The number of carboxylic acids is 1. The molecule has 1 aromatic carbocycles. The van der Waals surface area contributed by atoms with Gasteiger partial charge >= 0.3 is 12.1 Å². The van der Waals surface area contributed by atoms with Crippen LogP contribution in [0.1, 0.15) is 42.9 Å². The SMILES string of the molecule is CCOC(=O)N1CCN(C(=O)C(CCC(=O)O)NC(=O)c2cc(C=C[C@H](C)O)nc(-c3ccccc3)n2)CC1. The molecular weight excluding hydrogens is 506 g/mol. The quantitative estimate of drug-likeness (QED) is 0.409. The number of carboxylic acid groups (broad SMARTS) is 1. The minimum Gasteiger partial charge on any atom is -0.481 e. The molecule has 0 radical (unpaired) electrons. The molecule has 2 atom stereocenters. The highest BCUT2D eigenvalue weighted by Crippen LogP contribution is 2.17. The van der Waals surface area contributed by atoms with E-state index in [2.05, 4.69) is 15.3 Å². The van der Waals surface area contributed by atoms with Crippen molar-refractivity contribution in [3.8, 4) is 11.4 Å². The van der Waals surface area contributed by atoms with Crippen LogP contribution < -0.4 is 5.32 Å². The zero-order chi connectivity index (χ0) is 28.4. The molecule has 39 heavy (non-hydrogen) atoms. The molecule has 3 amide bonds. The molecule has 1 fully saturated rings. The standard InChI is InChI=1S/C27H33N5O7/c1-3-39-27(38)32-15-13-31(14-16-32)26(37)21(11-12-23(34)35)30-25(36)22-17-20(10-9-18(2)33)28-24(29-22)19-7-5-4-6-8-19/h4-10,17-18,21,33H,3,11-16H2,1-2H3,(H,30,36)(H,34,35)/t18-,21?/m0/s1. The van der Waals surface area contributed by atoms with E-state index < -0.39 is 36.0 Å². The van der Waals surface area contributed by atoms with Crippen LogP contribution in [0.15, 0.2) is 42.5 Å². The molecule has 3 N–H and O–H groups in total. The number of benzene rings is 1. The molecule has 1 unspecified atom stereocenters. The number of carbonyl (C=O) groups excluding carboxylic acids is 3. The molecule has 1 saturated heterocycles. The summed E-state index contributed by atoms with van der Waals surface area (Å²) < 4.78 is 5.00. The van der Waals surface area contributed by atoms with E-state index in [1.165, 1.54) is 21.9 Å². The Labute approximate surface area is 226 Å². The van der Waals surface area contributed by atoms with Gasteiger partial charge in [-0.05, 0) is 32.4 Å². The Hall–Kier alpha value is -4.32. The van der Waals surface area contributed by atoms with Crippen LogP contribution in [0, 0.1) is 0 Å². The molecule has 0 bridgehead atoms. The van der Waals surface area contributed by atoms with Crippen molar-refractivity contribution in [2.75, 3.05) is 32.8 Å². The molecule has 1 aliphatic rings. The van der Waals surface area contributed by atoms with Crippen LogP contribution in [0.5, 0.6) is 0 Å². The third-order valence-corrected chi connectivity index (χ3v) is 5.92. The Morgan fingerprint density at radius 1 is 1.08 bits per heavy atom. The van der Waals surface area contributed by atoms with Crippen molar-refractivity contribution in [1.29, 1.82) is 0 Å². The third-order valence-electron chi connectivity index (χ3n) is 5.92. The lowest BCUT2D eigenvalue weighted by molar-refractivity contribution is -0.138. The largest absolute Gasteiger partial charge is 0.481 e. The summed E-state index contributed by atoms with van der Waals surface area (Å²) in [7, 11) is 0. The molecule has 208 valence electrons. The van der Waals surface area contributed by atoms with Crippen LogP contribution in [0.3, 0.4) is 0 Å². The summed E-state index contributed by atoms with van der Waals surface area (Å²) in [6.07, 6.45) is 1.42. The van der Waals surface area contributed by atoms with Gasteiger partial charge in [-0.3, -0.25) is 14.4 Å². The van der Waals surface area contributed by atoms with Crippen molar-refractivity contribution < 1.29 is 34.1 Å². The predicted molar refractivity (Wildman–Crippen MR) is 141 cm³/mol. The summed E-state index contributed by atoms with van der Waals surface area (Å²) in [6.45, 7) is 4.49. The van der Waals surface area contributed by atoms with Crippen LogP contribution in [-0.2, 0) is 14.3 Å². The highest BCUT2D eigenvalue weighted by Gasteiger charge is 2.31. The summed E-state index contributed by atoms with van der Waals surface area (Å²) >= 11 is 0. The highest BCUT2D eigenvalue weighted by atomic mass is 16.6. The average molecular weight is 540 g/mol. The van der Waals surface area contributed by atoms with Crippen molar-refractivity contribution >= 4 is 30.0 Å². The molecule has 1 aliphatic heterocycles. The second-order valence-corrected chi connectivity index (χ2v) is 8.94. The zero-order valence-electron chi connectivity index (χ0n) is 21.9. The van der Waals surface area contributed by atoms with Gasteiger partial charge < -0.3 is 30.1 Å². The molecule has 0 spiro atoms. The topological polar surface area (TPSA) is 162 Å².